The van der Waals surface area contributed by atoms with Gasteiger partial charge in [0, 0.05) is 30.1 Å². The first-order valence-corrected chi connectivity index (χ1v) is 7.63. The monoisotopic (exact) mass is 310 g/mol. The van der Waals surface area contributed by atoms with Crippen molar-refractivity contribution < 1.29 is 9.53 Å². The van der Waals surface area contributed by atoms with Gasteiger partial charge in [0.15, 0.2) is 0 Å². The van der Waals surface area contributed by atoms with Crippen molar-refractivity contribution in [3.63, 3.8) is 0 Å². The van der Waals surface area contributed by atoms with E-state index in [1.807, 2.05) is 45.0 Å². The molecule has 1 unspecified atom stereocenters. The molecular formula is C16H23ClN2O2. The second-order valence-electron chi connectivity index (χ2n) is 6.54. The maximum atomic E-state index is 12.2. The van der Waals surface area contributed by atoms with Gasteiger partial charge in [0.1, 0.15) is 5.60 Å². The number of hydrogen-bond donors (Lipinski definition) is 1. The van der Waals surface area contributed by atoms with Gasteiger partial charge >= 0.3 is 6.09 Å². The van der Waals surface area contributed by atoms with Crippen LogP contribution in [0.3, 0.4) is 0 Å². The molecule has 1 saturated heterocycles. The van der Waals surface area contributed by atoms with E-state index in [4.69, 9.17) is 22.1 Å². The van der Waals surface area contributed by atoms with Crippen LogP contribution in [-0.2, 0) is 4.74 Å². The van der Waals surface area contributed by atoms with Crippen LogP contribution in [-0.4, -0.2) is 35.7 Å². The van der Waals surface area contributed by atoms with Gasteiger partial charge in [-0.1, -0.05) is 23.7 Å². The molecule has 116 valence electrons. The summed E-state index contributed by atoms with van der Waals surface area (Å²) in [6, 6.07) is 7.72. The van der Waals surface area contributed by atoms with Crippen LogP contribution in [0.4, 0.5) is 4.79 Å². The second-order valence-corrected chi connectivity index (χ2v) is 6.97. The van der Waals surface area contributed by atoms with Crippen LogP contribution in [0.5, 0.6) is 0 Å². The molecule has 1 fully saturated rings. The van der Waals surface area contributed by atoms with Crippen molar-refractivity contribution in [3.8, 4) is 0 Å². The third-order valence-corrected chi connectivity index (χ3v) is 3.87. The fourth-order valence-electron chi connectivity index (χ4n) is 2.53. The van der Waals surface area contributed by atoms with Crippen molar-refractivity contribution in [2.75, 3.05) is 13.1 Å². The SMILES string of the molecule is CC(C)(C)OC(=O)N1CCC(N)[C@H](c2ccc(Cl)cc2)C1. The normalized spacial score (nSPS) is 23.0. The standard InChI is InChI=1S/C16H23ClN2O2/c1-16(2,3)21-15(20)19-9-8-14(18)13(10-19)11-4-6-12(17)7-5-11/h4-7,13-14H,8-10,18H2,1-3H3/t13-,14?/m0/s1. The molecular weight excluding hydrogens is 288 g/mol. The van der Waals surface area contributed by atoms with E-state index in [0.29, 0.717) is 18.1 Å². The van der Waals surface area contributed by atoms with Crippen LogP contribution in [0.1, 0.15) is 38.7 Å². The summed E-state index contributed by atoms with van der Waals surface area (Å²) in [5.41, 5.74) is 6.86. The first-order valence-electron chi connectivity index (χ1n) is 7.25. The zero-order valence-electron chi connectivity index (χ0n) is 12.8. The Hall–Kier alpha value is -1.26. The van der Waals surface area contributed by atoms with Crippen molar-refractivity contribution in [2.24, 2.45) is 5.73 Å². The summed E-state index contributed by atoms with van der Waals surface area (Å²) < 4.78 is 5.44. The Morgan fingerprint density at radius 3 is 2.52 bits per heavy atom. The van der Waals surface area contributed by atoms with E-state index in [0.717, 1.165) is 12.0 Å². The molecule has 1 aliphatic rings. The smallest absolute Gasteiger partial charge is 0.410 e. The van der Waals surface area contributed by atoms with Gasteiger partial charge in [-0.05, 0) is 44.9 Å². The first-order chi connectivity index (χ1) is 9.76. The summed E-state index contributed by atoms with van der Waals surface area (Å²) in [6.07, 6.45) is 0.500. The lowest BCUT2D eigenvalue weighted by molar-refractivity contribution is 0.0186. The number of likely N-dealkylation sites (tertiary alicyclic amines) is 1. The number of hydrogen-bond acceptors (Lipinski definition) is 3. The number of nitrogens with two attached hydrogens (primary N) is 1. The molecule has 2 N–H and O–H groups in total. The van der Waals surface area contributed by atoms with Crippen molar-refractivity contribution in [1.29, 1.82) is 0 Å². The van der Waals surface area contributed by atoms with E-state index in [2.05, 4.69) is 0 Å². The van der Waals surface area contributed by atoms with Gasteiger partial charge in [-0.2, -0.15) is 0 Å². The minimum Gasteiger partial charge on any atom is -0.444 e. The van der Waals surface area contributed by atoms with Gasteiger partial charge in [-0.15, -0.1) is 0 Å². The van der Waals surface area contributed by atoms with Gasteiger partial charge in [-0.3, -0.25) is 0 Å². The van der Waals surface area contributed by atoms with Crippen molar-refractivity contribution in [2.45, 2.75) is 44.8 Å². The molecule has 0 aromatic heterocycles. The van der Waals surface area contributed by atoms with E-state index in [1.54, 1.807) is 4.90 Å². The summed E-state index contributed by atoms with van der Waals surface area (Å²) in [5.74, 6) is 0.114. The maximum absolute atomic E-state index is 12.2. The number of rotatable bonds is 1. The largest absolute Gasteiger partial charge is 0.444 e. The molecule has 21 heavy (non-hydrogen) atoms. The Labute approximate surface area is 131 Å². The average molecular weight is 311 g/mol. The molecule has 1 amide bonds. The van der Waals surface area contributed by atoms with E-state index in [1.165, 1.54) is 0 Å². The number of ether oxygens (including phenoxy) is 1. The third kappa shape index (κ3) is 4.35. The molecule has 2 rings (SSSR count). The molecule has 2 atom stereocenters. The number of benzene rings is 1. The molecule has 0 spiro atoms. The van der Waals surface area contributed by atoms with Crippen LogP contribution in [0.25, 0.3) is 0 Å². The molecule has 0 saturated carbocycles. The third-order valence-electron chi connectivity index (χ3n) is 3.62. The number of carbonyl (C=O) groups is 1. The van der Waals surface area contributed by atoms with Crippen molar-refractivity contribution in [1.82, 2.24) is 4.90 Å². The number of halogens is 1. The van der Waals surface area contributed by atoms with Crippen molar-refractivity contribution in [3.05, 3.63) is 34.9 Å². The highest BCUT2D eigenvalue weighted by molar-refractivity contribution is 6.30. The lowest BCUT2D eigenvalue weighted by Crippen LogP contribution is -2.49. The summed E-state index contributed by atoms with van der Waals surface area (Å²) in [7, 11) is 0. The summed E-state index contributed by atoms with van der Waals surface area (Å²) in [6.45, 7) is 6.84. The molecule has 1 aromatic carbocycles. The maximum Gasteiger partial charge on any atom is 0.410 e. The Morgan fingerprint density at radius 1 is 1.33 bits per heavy atom. The summed E-state index contributed by atoms with van der Waals surface area (Å²) >= 11 is 5.92. The zero-order chi connectivity index (χ0) is 15.6. The molecule has 0 bridgehead atoms. The molecule has 5 heteroatoms. The van der Waals surface area contributed by atoms with E-state index >= 15 is 0 Å². The quantitative estimate of drug-likeness (QED) is 0.865. The number of amides is 1. The van der Waals surface area contributed by atoms with Crippen LogP contribution >= 0.6 is 11.6 Å². The number of nitrogens with zero attached hydrogens (tertiary/aromatic N) is 1. The molecule has 1 aromatic rings. The Balaban J connectivity index is 2.09. The van der Waals surface area contributed by atoms with Crippen LogP contribution in [0, 0.1) is 0 Å². The second kappa shape index (κ2) is 6.24. The molecule has 1 aliphatic heterocycles. The van der Waals surface area contributed by atoms with Crippen LogP contribution in [0.2, 0.25) is 5.02 Å². The van der Waals surface area contributed by atoms with Crippen LogP contribution < -0.4 is 5.73 Å². The van der Waals surface area contributed by atoms with Gasteiger partial charge in [0.25, 0.3) is 0 Å². The van der Waals surface area contributed by atoms with E-state index < -0.39 is 5.60 Å². The molecule has 4 nitrogen and oxygen atoms in total. The summed E-state index contributed by atoms with van der Waals surface area (Å²) in [5, 5.41) is 0.701. The molecule has 1 heterocycles. The summed E-state index contributed by atoms with van der Waals surface area (Å²) in [4.78, 5) is 13.9. The van der Waals surface area contributed by atoms with Crippen molar-refractivity contribution >= 4 is 17.7 Å². The highest BCUT2D eigenvalue weighted by Gasteiger charge is 2.32. The van der Waals surface area contributed by atoms with Gasteiger partial charge in [-0.25, -0.2) is 4.79 Å². The lowest BCUT2D eigenvalue weighted by Gasteiger charge is -2.37. The predicted molar refractivity (Wildman–Crippen MR) is 84.6 cm³/mol. The predicted octanol–water partition coefficient (Wildman–Crippen LogP) is 3.39. The average Bonchev–Trinajstić information content (AvgIpc) is 2.38. The van der Waals surface area contributed by atoms with E-state index in [9.17, 15) is 4.79 Å². The number of piperidine rings is 1. The van der Waals surface area contributed by atoms with Gasteiger partial charge in [0.2, 0.25) is 0 Å². The van der Waals surface area contributed by atoms with E-state index in [-0.39, 0.29) is 18.1 Å². The fraction of sp³-hybridized carbons (Fsp3) is 0.562. The Bertz CT molecular complexity index is 496. The van der Waals surface area contributed by atoms with Gasteiger partial charge < -0.3 is 15.4 Å². The first kappa shape index (κ1) is 16.1. The minimum absolute atomic E-state index is 0.0462. The Morgan fingerprint density at radius 2 is 1.95 bits per heavy atom. The highest BCUT2D eigenvalue weighted by atomic mass is 35.5. The minimum atomic E-state index is -0.480. The number of carbonyl (C=O) groups excluding carboxylic acids is 1. The zero-order valence-corrected chi connectivity index (χ0v) is 13.6. The lowest BCUT2D eigenvalue weighted by atomic mass is 9.87. The molecule has 0 radical (unpaired) electrons. The molecule has 0 aliphatic carbocycles. The Kier molecular flexibility index (Phi) is 4.79. The highest BCUT2D eigenvalue weighted by Crippen LogP contribution is 2.28. The van der Waals surface area contributed by atoms with Gasteiger partial charge in [0.05, 0.1) is 0 Å². The van der Waals surface area contributed by atoms with Crippen LogP contribution in [0.15, 0.2) is 24.3 Å². The topological polar surface area (TPSA) is 55.6 Å². The fourth-order valence-corrected chi connectivity index (χ4v) is 2.65.